The molecule has 82 valence electrons. The number of rotatable bonds is 1. The first-order valence-electron chi connectivity index (χ1n) is 5.36. The lowest BCUT2D eigenvalue weighted by Gasteiger charge is -2.34. The smallest absolute Gasteiger partial charge is 0.149 e. The van der Waals surface area contributed by atoms with Crippen molar-refractivity contribution in [2.45, 2.75) is 43.4 Å². The lowest BCUT2D eigenvalue weighted by atomic mass is 9.88. The van der Waals surface area contributed by atoms with Crippen molar-refractivity contribution >= 4 is 22.9 Å². The van der Waals surface area contributed by atoms with Crippen LogP contribution in [0.15, 0.2) is 11.4 Å². The third kappa shape index (κ3) is 1.61. The summed E-state index contributed by atoms with van der Waals surface area (Å²) in [6.45, 7) is 0. The molecule has 2 bridgehead atoms. The topological polar surface area (TPSA) is 12.0 Å². The van der Waals surface area contributed by atoms with Gasteiger partial charge in [-0.3, -0.25) is 0 Å². The quantitative estimate of drug-likeness (QED) is 0.799. The number of thiophene rings is 1. The molecule has 1 aromatic rings. The Morgan fingerprint density at radius 3 is 2.60 bits per heavy atom. The minimum absolute atomic E-state index is 0.354. The second-order valence-corrected chi connectivity index (χ2v) is 5.93. The molecule has 0 radical (unpaired) electrons. The molecule has 4 heteroatoms. The van der Waals surface area contributed by atoms with Crippen LogP contribution < -0.4 is 5.32 Å². The van der Waals surface area contributed by atoms with Gasteiger partial charge in [0.1, 0.15) is 5.67 Å². The third-order valence-corrected chi connectivity index (χ3v) is 5.02. The highest BCUT2D eigenvalue weighted by atomic mass is 35.5. The number of hydrogen-bond donors (Lipinski definition) is 1. The Hall–Kier alpha value is -0.120. The van der Waals surface area contributed by atoms with Crippen LogP contribution >= 0.6 is 22.9 Å². The van der Waals surface area contributed by atoms with Crippen LogP contribution in [0.4, 0.5) is 4.39 Å². The van der Waals surface area contributed by atoms with E-state index in [1.54, 1.807) is 6.07 Å². The highest BCUT2D eigenvalue weighted by molar-refractivity contribution is 7.10. The highest BCUT2D eigenvalue weighted by Gasteiger charge is 2.46. The number of hydrogen-bond acceptors (Lipinski definition) is 2. The van der Waals surface area contributed by atoms with Crippen molar-refractivity contribution in [2.24, 2.45) is 0 Å². The molecule has 2 unspecified atom stereocenters. The van der Waals surface area contributed by atoms with E-state index in [1.807, 2.05) is 5.38 Å². The molecule has 2 aliphatic rings. The summed E-state index contributed by atoms with van der Waals surface area (Å²) in [5.74, 6) is 0. The van der Waals surface area contributed by atoms with Gasteiger partial charge >= 0.3 is 0 Å². The molecule has 1 aromatic heterocycles. The molecule has 0 amide bonds. The fourth-order valence-electron chi connectivity index (χ4n) is 2.89. The summed E-state index contributed by atoms with van der Waals surface area (Å²) >= 11 is 7.48. The van der Waals surface area contributed by atoms with E-state index in [-0.39, 0.29) is 0 Å². The van der Waals surface area contributed by atoms with Gasteiger partial charge in [0.25, 0.3) is 0 Å². The lowest BCUT2D eigenvalue weighted by Crippen LogP contribution is -2.44. The first-order chi connectivity index (χ1) is 7.17. The van der Waals surface area contributed by atoms with Gasteiger partial charge < -0.3 is 5.32 Å². The second kappa shape index (κ2) is 3.44. The SMILES string of the molecule is FC1(c2sccc2Cl)CC2CCC(C1)N2. The maximum Gasteiger partial charge on any atom is 0.149 e. The largest absolute Gasteiger partial charge is 0.311 e. The molecule has 1 N–H and O–H groups in total. The Kier molecular flexibility index (Phi) is 2.31. The van der Waals surface area contributed by atoms with Crippen LogP contribution in [0.5, 0.6) is 0 Å². The Morgan fingerprint density at radius 1 is 1.40 bits per heavy atom. The fourth-order valence-corrected chi connectivity index (χ4v) is 4.23. The normalized spacial score (nSPS) is 39.6. The Labute approximate surface area is 97.6 Å². The number of fused-ring (bicyclic) bond motifs is 2. The zero-order valence-electron chi connectivity index (χ0n) is 8.30. The minimum Gasteiger partial charge on any atom is -0.311 e. The Bertz CT molecular complexity index is 366. The summed E-state index contributed by atoms with van der Waals surface area (Å²) < 4.78 is 14.8. The summed E-state index contributed by atoms with van der Waals surface area (Å²) in [4.78, 5) is 0.738. The van der Waals surface area contributed by atoms with Crippen LogP contribution in [0.25, 0.3) is 0 Å². The van der Waals surface area contributed by atoms with Crippen molar-refractivity contribution in [3.8, 4) is 0 Å². The van der Waals surface area contributed by atoms with E-state index in [0.717, 1.165) is 17.7 Å². The third-order valence-electron chi connectivity index (χ3n) is 3.50. The van der Waals surface area contributed by atoms with E-state index in [1.165, 1.54) is 11.3 Å². The van der Waals surface area contributed by atoms with Gasteiger partial charge in [-0.15, -0.1) is 11.3 Å². The molecule has 1 nitrogen and oxygen atoms in total. The molecular weight excluding hydrogens is 233 g/mol. The predicted octanol–water partition coefficient (Wildman–Crippen LogP) is 3.48. The average Bonchev–Trinajstić information content (AvgIpc) is 2.73. The maximum atomic E-state index is 14.8. The molecule has 3 heterocycles. The maximum absolute atomic E-state index is 14.8. The van der Waals surface area contributed by atoms with Crippen LogP contribution in [0, 0.1) is 0 Å². The van der Waals surface area contributed by atoms with Gasteiger partial charge in [-0.2, -0.15) is 0 Å². The zero-order chi connectivity index (χ0) is 10.5. The Balaban J connectivity index is 1.94. The van der Waals surface area contributed by atoms with Crippen LogP contribution in [-0.2, 0) is 5.67 Å². The summed E-state index contributed by atoms with van der Waals surface area (Å²) in [5, 5.41) is 5.93. The van der Waals surface area contributed by atoms with Gasteiger partial charge in [0.05, 0.1) is 9.90 Å². The number of alkyl halides is 1. The van der Waals surface area contributed by atoms with Crippen molar-refractivity contribution in [1.29, 1.82) is 0 Å². The fraction of sp³-hybridized carbons (Fsp3) is 0.636. The summed E-state index contributed by atoms with van der Waals surface area (Å²) in [6, 6.07) is 2.51. The number of nitrogens with one attached hydrogen (secondary N) is 1. The molecule has 0 aliphatic carbocycles. The van der Waals surface area contributed by atoms with Crippen LogP contribution in [0.1, 0.15) is 30.6 Å². The molecule has 0 spiro atoms. The van der Waals surface area contributed by atoms with Crippen molar-refractivity contribution in [1.82, 2.24) is 5.32 Å². The van der Waals surface area contributed by atoms with Crippen molar-refractivity contribution in [3.05, 3.63) is 21.3 Å². The standard InChI is InChI=1S/C11H13ClFNS/c12-9-3-4-15-10(9)11(13)5-7-1-2-8(6-11)14-7/h3-4,7-8,14H,1-2,5-6H2. The molecule has 2 aliphatic heterocycles. The minimum atomic E-state index is -1.18. The Morgan fingerprint density at radius 2 is 2.07 bits per heavy atom. The van der Waals surface area contributed by atoms with E-state index >= 15 is 0 Å². The first kappa shape index (κ1) is 10.1. The van der Waals surface area contributed by atoms with Gasteiger partial charge in [-0.05, 0) is 24.3 Å². The summed E-state index contributed by atoms with van der Waals surface area (Å²) in [5.41, 5.74) is -1.18. The van der Waals surface area contributed by atoms with Gasteiger partial charge in [0.2, 0.25) is 0 Å². The molecule has 15 heavy (non-hydrogen) atoms. The molecule has 2 atom stereocenters. The van der Waals surface area contributed by atoms with Crippen LogP contribution in [-0.4, -0.2) is 12.1 Å². The van der Waals surface area contributed by atoms with Crippen molar-refractivity contribution in [2.75, 3.05) is 0 Å². The first-order valence-corrected chi connectivity index (χ1v) is 6.61. The summed E-state index contributed by atoms with van der Waals surface area (Å²) in [7, 11) is 0. The van der Waals surface area contributed by atoms with E-state index in [4.69, 9.17) is 11.6 Å². The monoisotopic (exact) mass is 245 g/mol. The van der Waals surface area contributed by atoms with Gasteiger partial charge in [0.15, 0.2) is 0 Å². The number of piperidine rings is 1. The highest BCUT2D eigenvalue weighted by Crippen LogP contribution is 2.47. The van der Waals surface area contributed by atoms with Gasteiger partial charge in [-0.1, -0.05) is 11.6 Å². The molecule has 0 aromatic carbocycles. The summed E-state index contributed by atoms with van der Waals surface area (Å²) in [6.07, 6.45) is 3.39. The van der Waals surface area contributed by atoms with E-state index in [2.05, 4.69) is 5.32 Å². The molecule has 2 fully saturated rings. The zero-order valence-corrected chi connectivity index (χ0v) is 9.87. The average molecular weight is 246 g/mol. The van der Waals surface area contributed by atoms with E-state index in [0.29, 0.717) is 29.9 Å². The number of halogens is 2. The molecular formula is C11H13ClFNS. The predicted molar refractivity (Wildman–Crippen MR) is 61.3 cm³/mol. The van der Waals surface area contributed by atoms with Crippen LogP contribution in [0.2, 0.25) is 5.02 Å². The lowest BCUT2D eigenvalue weighted by molar-refractivity contribution is 0.0914. The van der Waals surface area contributed by atoms with Crippen molar-refractivity contribution in [3.63, 3.8) is 0 Å². The molecule has 3 rings (SSSR count). The molecule has 0 saturated carbocycles. The van der Waals surface area contributed by atoms with Crippen LogP contribution in [0.3, 0.4) is 0 Å². The molecule has 2 saturated heterocycles. The second-order valence-electron chi connectivity index (χ2n) is 4.61. The van der Waals surface area contributed by atoms with Gasteiger partial charge in [0, 0.05) is 24.9 Å². The van der Waals surface area contributed by atoms with Crippen molar-refractivity contribution < 1.29 is 4.39 Å². The van der Waals surface area contributed by atoms with E-state index in [9.17, 15) is 4.39 Å². The van der Waals surface area contributed by atoms with Gasteiger partial charge in [-0.25, -0.2) is 4.39 Å². The van der Waals surface area contributed by atoms with E-state index < -0.39 is 5.67 Å².